The number of hydrogen-bond donors (Lipinski definition) is 1. The highest BCUT2D eigenvalue weighted by Gasteiger charge is 2.32. The van der Waals surface area contributed by atoms with Gasteiger partial charge in [0.25, 0.3) is 0 Å². The van der Waals surface area contributed by atoms with Gasteiger partial charge in [-0.2, -0.15) is 0 Å². The number of carbonyl (C=O) groups is 1. The fourth-order valence-corrected chi connectivity index (χ4v) is 4.15. The van der Waals surface area contributed by atoms with Gasteiger partial charge in [0.05, 0.1) is 25.1 Å². The Morgan fingerprint density at radius 1 is 1.14 bits per heavy atom. The van der Waals surface area contributed by atoms with Crippen molar-refractivity contribution in [2.24, 2.45) is 0 Å². The number of ether oxygens (including phenoxy) is 1. The number of anilines is 1. The standard InChI is InChI=1S/C20H25FN2O4S/c1-5-19(23(28(4,25)26)17-10-8-16(21)9-11-17)20(24)22-14(2)15-6-12-18(27-3)13-7-15/h6-14,19H,5H2,1-4H3,(H,22,24)/t14-,19-/m0/s1. The summed E-state index contributed by atoms with van der Waals surface area (Å²) in [5.74, 6) is -0.211. The van der Waals surface area contributed by atoms with Crippen LogP contribution in [0, 0.1) is 5.82 Å². The largest absolute Gasteiger partial charge is 0.497 e. The van der Waals surface area contributed by atoms with Gasteiger partial charge in [0.2, 0.25) is 15.9 Å². The fraction of sp³-hybridized carbons (Fsp3) is 0.350. The van der Waals surface area contributed by atoms with Gasteiger partial charge in [0.15, 0.2) is 0 Å². The second kappa shape index (κ2) is 9.05. The van der Waals surface area contributed by atoms with Crippen molar-refractivity contribution in [2.75, 3.05) is 17.7 Å². The number of nitrogens with one attached hydrogen (secondary N) is 1. The average molecular weight is 408 g/mol. The molecule has 2 atom stereocenters. The van der Waals surface area contributed by atoms with Crippen molar-refractivity contribution in [3.63, 3.8) is 0 Å². The predicted molar refractivity (Wildman–Crippen MR) is 107 cm³/mol. The van der Waals surface area contributed by atoms with E-state index in [0.717, 1.165) is 28.3 Å². The van der Waals surface area contributed by atoms with E-state index in [1.807, 2.05) is 19.1 Å². The molecule has 0 aliphatic rings. The predicted octanol–water partition coefficient (Wildman–Crippen LogP) is 3.26. The first-order chi connectivity index (χ1) is 13.2. The van der Waals surface area contributed by atoms with Crippen molar-refractivity contribution in [1.82, 2.24) is 5.32 Å². The maximum atomic E-state index is 13.2. The molecule has 2 rings (SSSR count). The summed E-state index contributed by atoms with van der Waals surface area (Å²) in [6.07, 6.45) is 1.28. The van der Waals surface area contributed by atoms with Crippen LogP contribution in [0.15, 0.2) is 48.5 Å². The summed E-state index contributed by atoms with van der Waals surface area (Å²) < 4.78 is 44.2. The molecular formula is C20H25FN2O4S. The Morgan fingerprint density at radius 2 is 1.71 bits per heavy atom. The highest BCUT2D eigenvalue weighted by molar-refractivity contribution is 7.92. The van der Waals surface area contributed by atoms with E-state index in [0.29, 0.717) is 5.75 Å². The molecular weight excluding hydrogens is 383 g/mol. The Kier molecular flexibility index (Phi) is 7.01. The van der Waals surface area contributed by atoms with Crippen LogP contribution in [0.4, 0.5) is 10.1 Å². The Labute approximate surface area is 165 Å². The summed E-state index contributed by atoms with van der Waals surface area (Å²) in [5.41, 5.74) is 1.10. The van der Waals surface area contributed by atoms with Gasteiger partial charge in [0.1, 0.15) is 17.6 Å². The zero-order valence-corrected chi connectivity index (χ0v) is 17.2. The maximum absolute atomic E-state index is 13.2. The molecule has 8 heteroatoms. The number of carbonyl (C=O) groups excluding carboxylic acids is 1. The number of nitrogens with zero attached hydrogens (tertiary/aromatic N) is 1. The van der Waals surface area contributed by atoms with Crippen LogP contribution in [0.25, 0.3) is 0 Å². The molecule has 1 N–H and O–H groups in total. The van der Waals surface area contributed by atoms with Gasteiger partial charge in [-0.05, 0) is 55.3 Å². The summed E-state index contributed by atoms with van der Waals surface area (Å²) in [6.45, 7) is 3.54. The molecule has 0 saturated carbocycles. The van der Waals surface area contributed by atoms with Crippen molar-refractivity contribution in [3.8, 4) is 5.75 Å². The lowest BCUT2D eigenvalue weighted by atomic mass is 10.1. The molecule has 0 heterocycles. The quantitative estimate of drug-likeness (QED) is 0.728. The van der Waals surface area contributed by atoms with Gasteiger partial charge in [-0.15, -0.1) is 0 Å². The van der Waals surface area contributed by atoms with Gasteiger partial charge < -0.3 is 10.1 Å². The molecule has 0 bridgehead atoms. The highest BCUT2D eigenvalue weighted by atomic mass is 32.2. The first-order valence-electron chi connectivity index (χ1n) is 8.86. The van der Waals surface area contributed by atoms with Crippen LogP contribution in [-0.2, 0) is 14.8 Å². The lowest BCUT2D eigenvalue weighted by Crippen LogP contribution is -2.49. The smallest absolute Gasteiger partial charge is 0.244 e. The molecule has 2 aromatic rings. The molecule has 6 nitrogen and oxygen atoms in total. The molecule has 0 aliphatic heterocycles. The van der Waals surface area contributed by atoms with Crippen molar-refractivity contribution in [2.45, 2.75) is 32.4 Å². The number of hydrogen-bond acceptors (Lipinski definition) is 4. The fourth-order valence-electron chi connectivity index (χ4n) is 2.93. The normalized spacial score (nSPS) is 13.5. The van der Waals surface area contributed by atoms with Crippen LogP contribution in [0.1, 0.15) is 31.9 Å². The summed E-state index contributed by atoms with van der Waals surface area (Å²) in [6, 6.07) is 11.0. The van der Waals surface area contributed by atoms with Crippen LogP contribution < -0.4 is 14.4 Å². The Hall–Kier alpha value is -2.61. The molecule has 0 radical (unpaired) electrons. The van der Waals surface area contributed by atoms with Gasteiger partial charge in [-0.1, -0.05) is 19.1 Å². The molecule has 0 aromatic heterocycles. The number of halogens is 1. The number of benzene rings is 2. The topological polar surface area (TPSA) is 75.7 Å². The van der Waals surface area contributed by atoms with Crippen molar-refractivity contribution >= 4 is 21.6 Å². The second-order valence-electron chi connectivity index (χ2n) is 6.46. The summed E-state index contributed by atoms with van der Waals surface area (Å²) in [4.78, 5) is 12.9. The minimum absolute atomic E-state index is 0.239. The zero-order chi connectivity index (χ0) is 20.9. The van der Waals surface area contributed by atoms with Crippen molar-refractivity contribution < 1.29 is 22.3 Å². The Bertz CT molecular complexity index is 899. The SMILES string of the molecule is CC[C@@H](C(=O)N[C@@H](C)c1ccc(OC)cc1)N(c1ccc(F)cc1)S(C)(=O)=O. The van der Waals surface area contributed by atoms with Crippen LogP contribution in [0.3, 0.4) is 0 Å². The zero-order valence-electron chi connectivity index (χ0n) is 16.3. The van der Waals surface area contributed by atoms with Crippen LogP contribution in [0.2, 0.25) is 0 Å². The molecule has 0 aliphatic carbocycles. The number of sulfonamides is 1. The van der Waals surface area contributed by atoms with Crippen LogP contribution in [0.5, 0.6) is 5.75 Å². The molecule has 0 saturated heterocycles. The van der Waals surface area contributed by atoms with Crippen LogP contribution >= 0.6 is 0 Å². The van der Waals surface area contributed by atoms with E-state index in [1.165, 1.54) is 12.1 Å². The number of methoxy groups -OCH3 is 1. The molecule has 2 aromatic carbocycles. The molecule has 0 unspecified atom stereocenters. The van der Waals surface area contributed by atoms with E-state index in [1.54, 1.807) is 26.2 Å². The number of rotatable bonds is 8. The summed E-state index contributed by atoms with van der Waals surface area (Å²) >= 11 is 0. The molecule has 1 amide bonds. The highest BCUT2D eigenvalue weighted by Crippen LogP contribution is 2.24. The monoisotopic (exact) mass is 408 g/mol. The first kappa shape index (κ1) is 21.7. The molecule has 28 heavy (non-hydrogen) atoms. The van der Waals surface area contributed by atoms with E-state index in [4.69, 9.17) is 4.74 Å². The average Bonchev–Trinajstić information content (AvgIpc) is 2.66. The van der Waals surface area contributed by atoms with E-state index in [-0.39, 0.29) is 18.2 Å². The summed E-state index contributed by atoms with van der Waals surface area (Å²) in [5, 5.41) is 2.86. The molecule has 152 valence electrons. The Morgan fingerprint density at radius 3 is 2.18 bits per heavy atom. The third kappa shape index (κ3) is 5.22. The van der Waals surface area contributed by atoms with Gasteiger partial charge >= 0.3 is 0 Å². The first-order valence-corrected chi connectivity index (χ1v) is 10.7. The van der Waals surface area contributed by atoms with Gasteiger partial charge in [0, 0.05) is 0 Å². The van der Waals surface area contributed by atoms with Gasteiger partial charge in [-0.25, -0.2) is 12.8 Å². The molecule has 0 fully saturated rings. The van der Waals surface area contributed by atoms with Crippen molar-refractivity contribution in [3.05, 3.63) is 59.9 Å². The Balaban J connectivity index is 2.26. The summed E-state index contributed by atoms with van der Waals surface area (Å²) in [7, 11) is -2.19. The third-order valence-corrected chi connectivity index (χ3v) is 5.57. The van der Waals surface area contributed by atoms with Crippen LogP contribution in [-0.4, -0.2) is 33.7 Å². The van der Waals surface area contributed by atoms with E-state index >= 15 is 0 Å². The second-order valence-corrected chi connectivity index (χ2v) is 8.32. The van der Waals surface area contributed by atoms with E-state index < -0.39 is 27.8 Å². The maximum Gasteiger partial charge on any atom is 0.244 e. The number of amides is 1. The van der Waals surface area contributed by atoms with E-state index in [2.05, 4.69) is 5.32 Å². The molecule has 0 spiro atoms. The minimum atomic E-state index is -3.76. The van der Waals surface area contributed by atoms with Gasteiger partial charge in [-0.3, -0.25) is 9.10 Å². The van der Waals surface area contributed by atoms with Crippen molar-refractivity contribution in [1.29, 1.82) is 0 Å². The lowest BCUT2D eigenvalue weighted by Gasteiger charge is -2.31. The van der Waals surface area contributed by atoms with E-state index in [9.17, 15) is 17.6 Å². The minimum Gasteiger partial charge on any atom is -0.497 e. The lowest BCUT2D eigenvalue weighted by molar-refractivity contribution is -0.122. The third-order valence-electron chi connectivity index (χ3n) is 4.39.